The van der Waals surface area contributed by atoms with Crippen molar-refractivity contribution < 1.29 is 4.74 Å². The molecular formula is C40H27BrO. The van der Waals surface area contributed by atoms with Gasteiger partial charge in [0.05, 0.1) is 0 Å². The normalized spacial score (nSPS) is 13.8. The third-order valence-electron chi connectivity index (χ3n) is 8.43. The van der Waals surface area contributed by atoms with Gasteiger partial charge in [0, 0.05) is 4.47 Å². The van der Waals surface area contributed by atoms with Crippen LogP contribution in [0.5, 0.6) is 5.75 Å². The lowest BCUT2D eigenvalue weighted by atomic mass is 9.78. The van der Waals surface area contributed by atoms with Crippen molar-refractivity contribution in [2.45, 2.75) is 13.0 Å². The van der Waals surface area contributed by atoms with E-state index in [0.29, 0.717) is 6.61 Å². The fraction of sp³-hybridized carbons (Fsp3) is 0.0500. The number of hydrogen-bond acceptors (Lipinski definition) is 1. The number of benzene rings is 6. The standard InChI is InChI=1S/C40H27BrO/c41-35-16-13-29(14-17-35)32-11-12-33-23-34(40-37-4-2-1-3-30(37)15-20-38(40)39(33)24-32)21-26-6-18-36(19-7-26)42-25-27-5-8-28-9-10-31(28)22-27/h1-22,24H,23,25H2/b34-21-. The van der Waals surface area contributed by atoms with Crippen LogP contribution in [0.2, 0.25) is 0 Å². The van der Waals surface area contributed by atoms with Crippen molar-refractivity contribution >= 4 is 50.5 Å². The van der Waals surface area contributed by atoms with E-state index in [-0.39, 0.29) is 0 Å². The molecule has 0 unspecified atom stereocenters. The molecule has 0 saturated heterocycles. The second kappa shape index (κ2) is 10.3. The van der Waals surface area contributed by atoms with Crippen LogP contribution in [0, 0.1) is 0 Å². The third-order valence-corrected chi connectivity index (χ3v) is 8.96. The Kier molecular flexibility index (Phi) is 6.16. The van der Waals surface area contributed by atoms with Crippen molar-refractivity contribution in [3.63, 3.8) is 0 Å². The first-order valence-electron chi connectivity index (χ1n) is 14.3. The third kappa shape index (κ3) is 4.58. The second-order valence-corrected chi connectivity index (χ2v) is 12.0. The minimum Gasteiger partial charge on any atom is -0.489 e. The second-order valence-electron chi connectivity index (χ2n) is 11.1. The Morgan fingerprint density at radius 2 is 1.48 bits per heavy atom. The highest BCUT2D eigenvalue weighted by atomic mass is 79.9. The van der Waals surface area contributed by atoms with E-state index >= 15 is 0 Å². The first-order chi connectivity index (χ1) is 20.7. The van der Waals surface area contributed by atoms with Crippen LogP contribution in [0.4, 0.5) is 0 Å². The van der Waals surface area contributed by atoms with Crippen molar-refractivity contribution in [1.29, 1.82) is 0 Å². The molecule has 6 aromatic carbocycles. The average Bonchev–Trinajstić information content (AvgIpc) is 3.01. The summed E-state index contributed by atoms with van der Waals surface area (Å²) in [5.41, 5.74) is 11.5. The van der Waals surface area contributed by atoms with Crippen LogP contribution in [-0.2, 0) is 13.0 Å². The largest absolute Gasteiger partial charge is 0.489 e. The molecule has 2 aliphatic carbocycles. The molecule has 0 radical (unpaired) electrons. The van der Waals surface area contributed by atoms with E-state index in [2.05, 4.69) is 155 Å². The maximum absolute atomic E-state index is 6.12. The minimum absolute atomic E-state index is 0.569. The molecule has 6 aromatic rings. The molecule has 0 amide bonds. The van der Waals surface area contributed by atoms with Crippen molar-refractivity contribution in [2.24, 2.45) is 0 Å². The lowest BCUT2D eigenvalue weighted by molar-refractivity contribution is 0.306. The summed E-state index contributed by atoms with van der Waals surface area (Å²) in [4.78, 5) is 0. The molecule has 2 aliphatic rings. The van der Waals surface area contributed by atoms with E-state index < -0.39 is 0 Å². The molecular weight excluding hydrogens is 576 g/mol. The van der Waals surface area contributed by atoms with E-state index in [0.717, 1.165) is 16.6 Å². The fourth-order valence-corrected chi connectivity index (χ4v) is 6.45. The van der Waals surface area contributed by atoms with Crippen molar-refractivity contribution in [3.8, 4) is 28.0 Å². The Morgan fingerprint density at radius 3 is 2.29 bits per heavy atom. The molecule has 0 bridgehead atoms. The van der Waals surface area contributed by atoms with Gasteiger partial charge in [-0.25, -0.2) is 0 Å². The summed E-state index contributed by atoms with van der Waals surface area (Å²) in [6.45, 7) is 0.569. The Morgan fingerprint density at radius 1 is 0.667 bits per heavy atom. The zero-order valence-corrected chi connectivity index (χ0v) is 24.6. The molecule has 2 heteroatoms. The summed E-state index contributed by atoms with van der Waals surface area (Å²) in [5.74, 6) is 0.885. The highest BCUT2D eigenvalue weighted by Crippen LogP contribution is 2.45. The zero-order valence-electron chi connectivity index (χ0n) is 23.0. The predicted octanol–water partition coefficient (Wildman–Crippen LogP) is 9.19. The van der Waals surface area contributed by atoms with Gasteiger partial charge in [0.25, 0.3) is 0 Å². The molecule has 0 fully saturated rings. The van der Waals surface area contributed by atoms with Crippen LogP contribution >= 0.6 is 15.9 Å². The summed E-state index contributed by atoms with van der Waals surface area (Å²) >= 11 is 3.57. The van der Waals surface area contributed by atoms with Gasteiger partial charge >= 0.3 is 0 Å². The summed E-state index contributed by atoms with van der Waals surface area (Å²) in [6, 6.07) is 43.8. The number of rotatable bonds is 5. The molecule has 0 aliphatic heterocycles. The van der Waals surface area contributed by atoms with E-state index in [4.69, 9.17) is 4.74 Å². The quantitative estimate of drug-likeness (QED) is 0.191. The Labute approximate surface area is 253 Å². The minimum atomic E-state index is 0.569. The Bertz CT molecular complexity index is 2150. The Balaban J connectivity index is 1.14. The van der Waals surface area contributed by atoms with Crippen LogP contribution in [0.25, 0.3) is 56.8 Å². The van der Waals surface area contributed by atoms with Gasteiger partial charge in [-0.15, -0.1) is 0 Å². The van der Waals surface area contributed by atoms with Crippen LogP contribution in [0.1, 0.15) is 22.3 Å². The van der Waals surface area contributed by atoms with Crippen LogP contribution in [0.3, 0.4) is 0 Å². The molecule has 0 atom stereocenters. The van der Waals surface area contributed by atoms with E-state index in [1.807, 2.05) is 0 Å². The summed E-state index contributed by atoms with van der Waals surface area (Å²) in [6.07, 6.45) is 7.53. The van der Waals surface area contributed by atoms with Crippen molar-refractivity contribution in [3.05, 3.63) is 158 Å². The van der Waals surface area contributed by atoms with Gasteiger partial charge in [0.15, 0.2) is 0 Å². The molecule has 0 saturated carbocycles. The number of allylic oxidation sites excluding steroid dienone is 1. The molecule has 1 nitrogen and oxygen atoms in total. The number of ether oxygens (including phenoxy) is 1. The highest BCUT2D eigenvalue weighted by molar-refractivity contribution is 9.10. The Hall–Kier alpha value is -4.66. The van der Waals surface area contributed by atoms with Crippen molar-refractivity contribution in [2.75, 3.05) is 0 Å². The predicted molar refractivity (Wildman–Crippen MR) is 179 cm³/mol. The van der Waals surface area contributed by atoms with Gasteiger partial charge in [0.1, 0.15) is 12.4 Å². The highest BCUT2D eigenvalue weighted by Gasteiger charge is 2.22. The first kappa shape index (κ1) is 25.1. The van der Waals surface area contributed by atoms with Crippen LogP contribution < -0.4 is 15.2 Å². The molecule has 8 rings (SSSR count). The summed E-state index contributed by atoms with van der Waals surface area (Å²) in [7, 11) is 0. The van der Waals surface area contributed by atoms with Crippen LogP contribution in [-0.4, -0.2) is 0 Å². The fourth-order valence-electron chi connectivity index (χ4n) is 6.18. The van der Waals surface area contributed by atoms with Gasteiger partial charge in [-0.05, 0) is 114 Å². The molecule has 200 valence electrons. The lowest BCUT2D eigenvalue weighted by Gasteiger charge is -2.25. The van der Waals surface area contributed by atoms with E-state index in [9.17, 15) is 0 Å². The van der Waals surface area contributed by atoms with Gasteiger partial charge in [-0.3, -0.25) is 0 Å². The SMILES string of the molecule is Brc1ccc(-c2ccc3c(c2)-c2ccc4ccccc4c2/C(=C\c2ccc(OCc4ccc5c(c4)=CC=5)cc2)C3)cc1. The maximum atomic E-state index is 6.12. The summed E-state index contributed by atoms with van der Waals surface area (Å²) in [5, 5.41) is 5.17. The molecule has 42 heavy (non-hydrogen) atoms. The topological polar surface area (TPSA) is 9.23 Å². The molecule has 0 N–H and O–H groups in total. The van der Waals surface area contributed by atoms with Gasteiger partial charge < -0.3 is 4.74 Å². The molecule has 0 heterocycles. The number of fused-ring (bicyclic) bond motifs is 6. The first-order valence-corrected chi connectivity index (χ1v) is 15.1. The zero-order chi connectivity index (χ0) is 28.0. The van der Waals surface area contributed by atoms with Gasteiger partial charge in [0.2, 0.25) is 0 Å². The molecule has 0 spiro atoms. The monoisotopic (exact) mass is 602 g/mol. The smallest absolute Gasteiger partial charge is 0.119 e. The summed E-state index contributed by atoms with van der Waals surface area (Å²) < 4.78 is 7.22. The van der Waals surface area contributed by atoms with E-state index in [1.54, 1.807) is 0 Å². The maximum Gasteiger partial charge on any atom is 0.119 e. The van der Waals surface area contributed by atoms with E-state index in [1.165, 1.54) is 71.3 Å². The average molecular weight is 604 g/mol. The lowest BCUT2D eigenvalue weighted by Crippen LogP contribution is -2.30. The number of hydrogen-bond donors (Lipinski definition) is 0. The van der Waals surface area contributed by atoms with Gasteiger partial charge in [-0.2, -0.15) is 0 Å². The number of halogens is 1. The van der Waals surface area contributed by atoms with Crippen molar-refractivity contribution in [1.82, 2.24) is 0 Å². The molecule has 0 aromatic heterocycles. The van der Waals surface area contributed by atoms with Crippen LogP contribution in [0.15, 0.2) is 126 Å². The van der Waals surface area contributed by atoms with Gasteiger partial charge in [-0.1, -0.05) is 119 Å².